The summed E-state index contributed by atoms with van der Waals surface area (Å²) in [5, 5.41) is 11.5. The van der Waals surface area contributed by atoms with Crippen LogP contribution in [-0.2, 0) is 28.1 Å². The maximum atomic E-state index is 9.39. The molecule has 0 radical (unpaired) electrons. The summed E-state index contributed by atoms with van der Waals surface area (Å²) in [4.78, 5) is 4.65. The summed E-state index contributed by atoms with van der Waals surface area (Å²) >= 11 is 0. The third-order valence-electron chi connectivity index (χ3n) is 6.83. The van der Waals surface area contributed by atoms with Gasteiger partial charge in [-0.3, -0.25) is 0 Å². The summed E-state index contributed by atoms with van der Waals surface area (Å²) in [7, 11) is 1.98. The average Bonchev–Trinajstić information content (AvgIpc) is 3.48. The molecule has 2 aromatic heterocycles. The summed E-state index contributed by atoms with van der Waals surface area (Å²) < 4.78 is 12.3. The van der Waals surface area contributed by atoms with Gasteiger partial charge in [-0.25, -0.2) is 4.99 Å². The summed E-state index contributed by atoms with van der Waals surface area (Å²) in [6, 6.07) is 35.1. The largest absolute Gasteiger partial charge is 0.510 e. The van der Waals surface area contributed by atoms with Crippen molar-refractivity contribution in [3.63, 3.8) is 0 Å². The quantitative estimate of drug-likeness (QED) is 0.155. The molecule has 7 heteroatoms. The molecule has 0 N–H and O–H groups in total. The maximum absolute atomic E-state index is 9.39. The van der Waals surface area contributed by atoms with E-state index in [1.165, 1.54) is 0 Å². The van der Waals surface area contributed by atoms with E-state index in [4.69, 9.17) is 4.74 Å². The number of rotatable bonds is 3. The van der Waals surface area contributed by atoms with Crippen molar-refractivity contribution >= 4 is 38.7 Å². The number of aryl methyl sites for hydroxylation is 1. The normalized spacial score (nSPS) is 17.0. The molecule has 0 saturated heterocycles. The van der Waals surface area contributed by atoms with Crippen molar-refractivity contribution in [3.05, 3.63) is 133 Å². The SMILES string of the molecule is Cn1[c-][n+](-c2[c-]c(Oc3[c-]c4c(cc3)c3ccccc3n4C3=N/C=C(C#N)\C=C/C=C\3)ccc2)c2ccccc21.[Pt]. The third kappa shape index (κ3) is 4.71. The second kappa shape index (κ2) is 10.9. The number of aliphatic imine (C=N–C) groups is 1. The zero-order valence-corrected chi connectivity index (χ0v) is 24.1. The van der Waals surface area contributed by atoms with Crippen molar-refractivity contribution in [2.24, 2.45) is 12.0 Å². The molecule has 3 heterocycles. The molecule has 0 saturated carbocycles. The van der Waals surface area contributed by atoms with Crippen molar-refractivity contribution in [1.82, 2.24) is 9.13 Å². The van der Waals surface area contributed by atoms with E-state index in [9.17, 15) is 5.26 Å². The second-order valence-electron chi connectivity index (χ2n) is 9.32. The van der Waals surface area contributed by atoms with Gasteiger partial charge in [0.05, 0.1) is 23.7 Å². The number of benzene rings is 4. The molecule has 4 aromatic carbocycles. The predicted octanol–water partition coefficient (Wildman–Crippen LogP) is 6.53. The van der Waals surface area contributed by atoms with Gasteiger partial charge in [-0.2, -0.15) is 23.5 Å². The van der Waals surface area contributed by atoms with Gasteiger partial charge in [-0.15, -0.1) is 29.7 Å². The topological polar surface area (TPSA) is 59.1 Å². The summed E-state index contributed by atoms with van der Waals surface area (Å²) in [5.74, 6) is 1.80. The monoisotopic (exact) mass is 710 g/mol. The van der Waals surface area contributed by atoms with Crippen LogP contribution in [0.4, 0.5) is 0 Å². The molecule has 0 amide bonds. The fourth-order valence-corrected chi connectivity index (χ4v) is 5.02. The second-order valence-corrected chi connectivity index (χ2v) is 9.32. The smallest absolute Gasteiger partial charge is 0.242 e. The van der Waals surface area contributed by atoms with Crippen molar-refractivity contribution in [2.45, 2.75) is 0 Å². The molecule has 200 valence electrons. The van der Waals surface area contributed by atoms with Crippen molar-refractivity contribution in [3.8, 4) is 23.3 Å². The number of imidazole rings is 1. The molecule has 0 unspecified atom stereocenters. The Bertz CT molecular complexity index is 2120. The molecule has 0 bridgehead atoms. The molecule has 7 rings (SSSR count). The number of fused-ring (bicyclic) bond motifs is 4. The van der Waals surface area contributed by atoms with Gasteiger partial charge in [0.2, 0.25) is 6.33 Å². The molecule has 6 aromatic rings. The van der Waals surface area contributed by atoms with Gasteiger partial charge in [0.25, 0.3) is 0 Å². The van der Waals surface area contributed by atoms with Crippen LogP contribution < -0.4 is 9.30 Å². The minimum absolute atomic E-state index is 0. The minimum Gasteiger partial charge on any atom is -0.510 e. The standard InChI is InChI=1S/C34H21N5O.Pt/c1-37-23-38(32-15-6-5-14-31(32)37)25-10-8-11-26(19-25)40-27-17-18-29-28-12-3-4-13-30(28)39(33(29)20-27)34-16-7-2-9-24(21-35)22-36-34;/h2-18,22H,1H3;/q-2;/b7-2?,9-2-,16-7-,24-9?,24-22+,34-16?,36-22?,36-34+;. The Balaban J connectivity index is 0.00000302. The van der Waals surface area contributed by atoms with E-state index in [0.717, 1.165) is 38.5 Å². The van der Waals surface area contributed by atoms with Crippen LogP contribution in [0.3, 0.4) is 0 Å². The van der Waals surface area contributed by atoms with Crippen molar-refractivity contribution < 1.29 is 30.4 Å². The van der Waals surface area contributed by atoms with E-state index in [2.05, 4.69) is 53.8 Å². The Morgan fingerprint density at radius 1 is 0.829 bits per heavy atom. The number of aromatic nitrogens is 3. The molecule has 1 aliphatic rings. The first-order chi connectivity index (χ1) is 19.7. The zero-order valence-electron chi connectivity index (χ0n) is 21.9. The van der Waals surface area contributed by atoms with Crippen molar-refractivity contribution in [1.29, 1.82) is 5.26 Å². The molecule has 1 aliphatic heterocycles. The van der Waals surface area contributed by atoms with Crippen LogP contribution >= 0.6 is 0 Å². The van der Waals surface area contributed by atoms with E-state index in [0.29, 0.717) is 22.9 Å². The molecular formula is C34H21N5OPt-2. The summed E-state index contributed by atoms with van der Waals surface area (Å²) in [6.45, 7) is 0. The first kappa shape index (κ1) is 26.3. The Morgan fingerprint density at radius 3 is 2.49 bits per heavy atom. The molecule has 0 fully saturated rings. The zero-order chi connectivity index (χ0) is 27.1. The van der Waals surface area contributed by atoms with Crippen LogP contribution in [0.25, 0.3) is 38.5 Å². The third-order valence-corrected chi connectivity index (χ3v) is 6.83. The number of allylic oxidation sites excluding steroid dienone is 5. The van der Waals surface area contributed by atoms with Crippen molar-refractivity contribution in [2.75, 3.05) is 0 Å². The summed E-state index contributed by atoms with van der Waals surface area (Å²) in [6.07, 6.45) is 12.3. The molecular weight excluding hydrogens is 689 g/mol. The Kier molecular flexibility index (Phi) is 6.97. The van der Waals surface area contributed by atoms with E-state index < -0.39 is 0 Å². The molecule has 6 nitrogen and oxygen atoms in total. The molecule has 0 spiro atoms. The fraction of sp³-hybridized carbons (Fsp3) is 0.0294. The summed E-state index contributed by atoms with van der Waals surface area (Å²) in [5.41, 5.74) is 5.23. The van der Waals surface area contributed by atoms with Crippen LogP contribution in [0.15, 0.2) is 120 Å². The van der Waals surface area contributed by atoms with E-state index in [1.54, 1.807) is 12.3 Å². The van der Waals surface area contributed by atoms with Gasteiger partial charge in [0, 0.05) is 44.3 Å². The number of nitrogens with zero attached hydrogens (tertiary/aromatic N) is 5. The molecule has 41 heavy (non-hydrogen) atoms. The van der Waals surface area contributed by atoms with E-state index in [-0.39, 0.29) is 21.1 Å². The van der Waals surface area contributed by atoms with Crippen LogP contribution in [0.5, 0.6) is 11.5 Å². The van der Waals surface area contributed by atoms with Gasteiger partial charge in [0.1, 0.15) is 11.9 Å². The maximum Gasteiger partial charge on any atom is 0.242 e. The van der Waals surface area contributed by atoms with Gasteiger partial charge in [-0.1, -0.05) is 65.8 Å². The number of hydrogen-bond acceptors (Lipinski definition) is 3. The Morgan fingerprint density at radius 2 is 1.61 bits per heavy atom. The van der Waals surface area contributed by atoms with Crippen LogP contribution in [0, 0.1) is 29.8 Å². The Labute approximate surface area is 251 Å². The van der Waals surface area contributed by atoms with E-state index >= 15 is 0 Å². The first-order valence-corrected chi connectivity index (χ1v) is 12.8. The number of ether oxygens (including phenoxy) is 1. The molecule has 0 aliphatic carbocycles. The van der Waals surface area contributed by atoms with Gasteiger partial charge >= 0.3 is 0 Å². The minimum atomic E-state index is 0. The Hall–Kier alpha value is -4.98. The van der Waals surface area contributed by atoms with Crippen LogP contribution in [0.1, 0.15) is 0 Å². The van der Waals surface area contributed by atoms with E-state index in [1.807, 2.05) is 93.6 Å². The van der Waals surface area contributed by atoms with Gasteiger partial charge in [0.15, 0.2) is 0 Å². The predicted molar refractivity (Wildman–Crippen MR) is 155 cm³/mol. The van der Waals surface area contributed by atoms with Gasteiger partial charge < -0.3 is 18.4 Å². The van der Waals surface area contributed by atoms with Gasteiger partial charge in [-0.05, 0) is 23.6 Å². The van der Waals surface area contributed by atoms with Crippen LogP contribution in [0.2, 0.25) is 0 Å². The number of nitriles is 1. The molecule has 0 atom stereocenters. The first-order valence-electron chi connectivity index (χ1n) is 12.8. The average molecular weight is 711 g/mol. The number of hydrogen-bond donors (Lipinski definition) is 0. The number of para-hydroxylation sites is 3. The fourth-order valence-electron chi connectivity index (χ4n) is 5.02. The van der Waals surface area contributed by atoms with Crippen LogP contribution in [-0.4, -0.2) is 15.0 Å².